The molecule has 2 aliphatic rings. The summed E-state index contributed by atoms with van der Waals surface area (Å²) in [5.41, 5.74) is 6.02. The van der Waals surface area contributed by atoms with Crippen LogP contribution in [0.1, 0.15) is 30.5 Å². The van der Waals surface area contributed by atoms with Crippen LogP contribution < -0.4 is 15.1 Å². The quantitative estimate of drug-likeness (QED) is 0.816. The second-order valence-corrected chi connectivity index (χ2v) is 8.35. The average Bonchev–Trinajstić information content (AvgIpc) is 3.11. The minimum atomic E-state index is 0.420. The predicted molar refractivity (Wildman–Crippen MR) is 127 cm³/mol. The maximum absolute atomic E-state index is 4.73. The number of rotatable bonds is 5. The highest BCUT2D eigenvalue weighted by Gasteiger charge is 2.24. The van der Waals surface area contributed by atoms with E-state index in [9.17, 15) is 0 Å². The van der Waals surface area contributed by atoms with Gasteiger partial charge in [0.2, 0.25) is 0 Å². The summed E-state index contributed by atoms with van der Waals surface area (Å²) in [6.45, 7) is 19.9. The third-order valence-corrected chi connectivity index (χ3v) is 6.29. The Morgan fingerprint density at radius 3 is 2.43 bits per heavy atom. The first-order valence-electron chi connectivity index (χ1n) is 10.9. The fourth-order valence-electron chi connectivity index (χ4n) is 4.45. The van der Waals surface area contributed by atoms with Crippen LogP contribution in [0, 0.1) is 6.92 Å². The van der Waals surface area contributed by atoms with E-state index in [-0.39, 0.29) is 0 Å². The summed E-state index contributed by atoms with van der Waals surface area (Å²) in [5, 5.41) is 3.33. The maximum atomic E-state index is 4.73. The zero-order valence-corrected chi connectivity index (χ0v) is 18.5. The Bertz CT molecular complexity index is 925. The molecular weight excluding hydrogens is 370 g/mol. The molecule has 5 nitrogen and oxygen atoms in total. The van der Waals surface area contributed by atoms with Crippen LogP contribution >= 0.6 is 0 Å². The monoisotopic (exact) mass is 403 g/mol. The fourth-order valence-corrected chi connectivity index (χ4v) is 4.45. The molecule has 2 aromatic rings. The first-order chi connectivity index (χ1) is 14.5. The number of hydrogen-bond acceptors (Lipinski definition) is 5. The maximum Gasteiger partial charge on any atom is 0.131 e. The van der Waals surface area contributed by atoms with E-state index in [1.54, 1.807) is 0 Å². The van der Waals surface area contributed by atoms with E-state index in [2.05, 4.69) is 84.3 Å². The van der Waals surface area contributed by atoms with Crippen LogP contribution in [0.2, 0.25) is 0 Å². The molecule has 1 aromatic carbocycles. The van der Waals surface area contributed by atoms with Crippen molar-refractivity contribution in [1.82, 2.24) is 15.2 Å². The molecule has 0 saturated carbocycles. The number of anilines is 2. The van der Waals surface area contributed by atoms with Crippen molar-refractivity contribution >= 4 is 17.2 Å². The molecule has 0 spiro atoms. The van der Waals surface area contributed by atoms with Gasteiger partial charge in [-0.15, -0.1) is 0 Å². The minimum Gasteiger partial charge on any atom is -0.370 e. The number of nitrogens with zero attached hydrogens (tertiary/aromatic N) is 4. The molecule has 158 valence electrons. The van der Waals surface area contributed by atoms with Gasteiger partial charge in [0.1, 0.15) is 5.82 Å². The van der Waals surface area contributed by atoms with Gasteiger partial charge in [-0.3, -0.25) is 0 Å². The number of nitrogens with one attached hydrogen (secondary N) is 1. The lowest BCUT2D eigenvalue weighted by Gasteiger charge is -2.38. The molecule has 1 unspecified atom stereocenters. The summed E-state index contributed by atoms with van der Waals surface area (Å²) in [4.78, 5) is 11.8. The van der Waals surface area contributed by atoms with Crippen molar-refractivity contribution in [2.45, 2.75) is 33.2 Å². The standard InChI is InChI=1S/C25H33N5/c1-6-22-15-18(2)25(27-17-22)29-13-11-28(12-14-29)20(4)23-7-9-24(10-8-23)30-19(3)16-26-21(30)5/h7-10,15,17,19,26H,4-6,11-14,16H2,1-3H3. The molecule has 0 bridgehead atoms. The second kappa shape index (κ2) is 8.42. The molecule has 0 amide bonds. The molecule has 2 fully saturated rings. The molecule has 1 N–H and O–H groups in total. The lowest BCUT2D eigenvalue weighted by molar-refractivity contribution is 0.366. The SMILES string of the molecule is C=C(c1ccc(N2C(=C)NCC2C)cc1)N1CCN(c2ncc(CC)cc2C)CC1. The van der Waals surface area contributed by atoms with Crippen LogP contribution in [0.5, 0.6) is 0 Å². The number of benzene rings is 1. The van der Waals surface area contributed by atoms with Crippen molar-refractivity contribution in [2.75, 3.05) is 42.5 Å². The van der Waals surface area contributed by atoms with Crippen molar-refractivity contribution in [3.63, 3.8) is 0 Å². The van der Waals surface area contributed by atoms with E-state index in [4.69, 9.17) is 4.98 Å². The number of aryl methyl sites for hydroxylation is 2. The third-order valence-electron chi connectivity index (χ3n) is 6.29. The van der Waals surface area contributed by atoms with E-state index in [1.165, 1.54) is 22.4 Å². The van der Waals surface area contributed by atoms with Crippen molar-refractivity contribution in [3.05, 3.63) is 72.2 Å². The molecule has 30 heavy (non-hydrogen) atoms. The molecule has 2 aliphatic heterocycles. The van der Waals surface area contributed by atoms with Gasteiger partial charge in [-0.05, 0) is 49.1 Å². The molecule has 1 atom stereocenters. The summed E-state index contributed by atoms with van der Waals surface area (Å²) in [5.74, 6) is 2.09. The van der Waals surface area contributed by atoms with Gasteiger partial charge in [0, 0.05) is 50.3 Å². The van der Waals surface area contributed by atoms with Gasteiger partial charge in [-0.25, -0.2) is 4.98 Å². The molecule has 3 heterocycles. The number of pyridine rings is 1. The van der Waals surface area contributed by atoms with Crippen LogP contribution in [-0.4, -0.2) is 48.6 Å². The zero-order chi connectivity index (χ0) is 21.3. The first kappa shape index (κ1) is 20.3. The number of piperazine rings is 1. The molecule has 5 heteroatoms. The van der Waals surface area contributed by atoms with Crippen molar-refractivity contribution < 1.29 is 0 Å². The Morgan fingerprint density at radius 1 is 1.17 bits per heavy atom. The highest BCUT2D eigenvalue weighted by atomic mass is 15.3. The molecule has 4 rings (SSSR count). The second-order valence-electron chi connectivity index (χ2n) is 8.35. The number of hydrogen-bond donors (Lipinski definition) is 1. The summed E-state index contributed by atoms with van der Waals surface area (Å²) in [7, 11) is 0. The van der Waals surface area contributed by atoms with Gasteiger partial charge >= 0.3 is 0 Å². The van der Waals surface area contributed by atoms with Crippen LogP contribution in [-0.2, 0) is 6.42 Å². The molecule has 0 aliphatic carbocycles. The minimum absolute atomic E-state index is 0.420. The van der Waals surface area contributed by atoms with Crippen molar-refractivity contribution in [3.8, 4) is 0 Å². The van der Waals surface area contributed by atoms with Crippen LogP contribution in [0.3, 0.4) is 0 Å². The third kappa shape index (κ3) is 3.89. The molecular formula is C25H33N5. The largest absolute Gasteiger partial charge is 0.370 e. The van der Waals surface area contributed by atoms with Crippen molar-refractivity contribution in [1.29, 1.82) is 0 Å². The Labute approximate surface area is 180 Å². The average molecular weight is 404 g/mol. The summed E-state index contributed by atoms with van der Waals surface area (Å²) >= 11 is 0. The highest BCUT2D eigenvalue weighted by Crippen LogP contribution is 2.28. The Balaban J connectivity index is 1.39. The topological polar surface area (TPSA) is 34.6 Å². The van der Waals surface area contributed by atoms with E-state index < -0.39 is 0 Å². The van der Waals surface area contributed by atoms with Gasteiger partial charge in [0.15, 0.2) is 0 Å². The van der Waals surface area contributed by atoms with Crippen LogP contribution in [0.25, 0.3) is 5.70 Å². The van der Waals surface area contributed by atoms with Gasteiger partial charge in [-0.2, -0.15) is 0 Å². The zero-order valence-electron chi connectivity index (χ0n) is 18.5. The Hall–Kier alpha value is -2.95. The Kier molecular flexibility index (Phi) is 5.71. The van der Waals surface area contributed by atoms with E-state index in [1.807, 2.05) is 6.20 Å². The highest BCUT2D eigenvalue weighted by molar-refractivity contribution is 5.66. The Morgan fingerprint density at radius 2 is 1.87 bits per heavy atom. The summed E-state index contributed by atoms with van der Waals surface area (Å²) < 4.78 is 0. The lowest BCUT2D eigenvalue weighted by atomic mass is 10.1. The summed E-state index contributed by atoms with van der Waals surface area (Å²) in [6.07, 6.45) is 3.04. The molecule has 0 radical (unpaired) electrons. The van der Waals surface area contributed by atoms with Gasteiger partial charge in [0.05, 0.1) is 11.9 Å². The smallest absolute Gasteiger partial charge is 0.131 e. The lowest BCUT2D eigenvalue weighted by Crippen LogP contribution is -2.45. The predicted octanol–water partition coefficient (Wildman–Crippen LogP) is 4.01. The summed E-state index contributed by atoms with van der Waals surface area (Å²) in [6, 6.07) is 11.4. The molecule has 1 aromatic heterocycles. The normalized spacial score (nSPS) is 19.2. The van der Waals surface area contributed by atoms with Gasteiger partial charge in [-0.1, -0.05) is 38.3 Å². The fraction of sp³-hybridized carbons (Fsp3) is 0.400. The van der Waals surface area contributed by atoms with Crippen LogP contribution in [0.15, 0.2) is 55.5 Å². The van der Waals surface area contributed by atoms with E-state index in [0.717, 1.165) is 56.5 Å². The van der Waals surface area contributed by atoms with Crippen LogP contribution in [0.4, 0.5) is 11.5 Å². The number of aromatic nitrogens is 1. The van der Waals surface area contributed by atoms with E-state index >= 15 is 0 Å². The van der Waals surface area contributed by atoms with E-state index in [0.29, 0.717) is 6.04 Å². The van der Waals surface area contributed by atoms with Gasteiger partial charge in [0.25, 0.3) is 0 Å². The van der Waals surface area contributed by atoms with Crippen molar-refractivity contribution in [2.24, 2.45) is 0 Å². The molecule has 2 saturated heterocycles. The first-order valence-corrected chi connectivity index (χ1v) is 10.9. The van der Waals surface area contributed by atoms with Gasteiger partial charge < -0.3 is 20.0 Å².